The lowest BCUT2D eigenvalue weighted by molar-refractivity contribution is -0.136. The molecule has 3 aromatic carbocycles. The van der Waals surface area contributed by atoms with Gasteiger partial charge in [-0.15, -0.1) is 0 Å². The summed E-state index contributed by atoms with van der Waals surface area (Å²) in [5, 5.41) is 11.4. The van der Waals surface area contributed by atoms with E-state index in [9.17, 15) is 19.1 Å². The van der Waals surface area contributed by atoms with Crippen LogP contribution in [0.4, 0.5) is 10.1 Å². The van der Waals surface area contributed by atoms with Gasteiger partial charge in [0.05, 0.1) is 18.7 Å². The summed E-state index contributed by atoms with van der Waals surface area (Å²) >= 11 is 0. The van der Waals surface area contributed by atoms with Crippen molar-refractivity contribution in [3.05, 3.63) is 100 Å². The first-order valence-electron chi connectivity index (χ1n) is 9.79. The number of fused-ring (bicyclic) bond motifs is 1. The van der Waals surface area contributed by atoms with Crippen LogP contribution in [0.25, 0.3) is 0 Å². The average molecular weight is 403 g/mol. The number of amides is 1. The summed E-state index contributed by atoms with van der Waals surface area (Å²) in [5.74, 6) is -1.36. The van der Waals surface area contributed by atoms with Crippen LogP contribution >= 0.6 is 0 Å². The van der Waals surface area contributed by atoms with Gasteiger partial charge in [-0.2, -0.15) is 0 Å². The summed E-state index contributed by atoms with van der Waals surface area (Å²) in [6, 6.07) is 18.5. The van der Waals surface area contributed by atoms with Gasteiger partial charge in [0.2, 0.25) is 0 Å². The fourth-order valence-electron chi connectivity index (χ4n) is 4.00. The van der Waals surface area contributed by atoms with Gasteiger partial charge in [-0.1, -0.05) is 54.1 Å². The Kier molecular flexibility index (Phi) is 5.00. The number of Topliss-reactive ketones (excluding diaryl/α,β-unsaturated/α-hetero) is 1. The lowest BCUT2D eigenvalue weighted by Crippen LogP contribution is -2.41. The number of hydrogen-bond donors (Lipinski definition) is 1. The van der Waals surface area contributed by atoms with Gasteiger partial charge in [-0.25, -0.2) is 4.39 Å². The molecule has 1 atom stereocenters. The Morgan fingerprint density at radius 3 is 2.50 bits per heavy atom. The predicted molar refractivity (Wildman–Crippen MR) is 113 cm³/mol. The van der Waals surface area contributed by atoms with Gasteiger partial charge >= 0.3 is 0 Å². The molecule has 0 bridgehead atoms. The van der Waals surface area contributed by atoms with Gasteiger partial charge in [-0.05, 0) is 37.6 Å². The lowest BCUT2D eigenvalue weighted by Gasteiger charge is -2.23. The highest BCUT2D eigenvalue weighted by atomic mass is 19.1. The van der Waals surface area contributed by atoms with Crippen molar-refractivity contribution in [2.24, 2.45) is 0 Å². The molecule has 1 N–H and O–H groups in total. The second kappa shape index (κ2) is 7.50. The van der Waals surface area contributed by atoms with Crippen LogP contribution in [-0.4, -0.2) is 16.8 Å². The van der Waals surface area contributed by atoms with Crippen molar-refractivity contribution < 1.29 is 19.1 Å². The summed E-state index contributed by atoms with van der Waals surface area (Å²) in [6.45, 7) is 3.69. The number of hydrogen-bond acceptors (Lipinski definition) is 3. The highest BCUT2D eigenvalue weighted by Crippen LogP contribution is 2.43. The molecule has 0 radical (unpaired) electrons. The van der Waals surface area contributed by atoms with Crippen LogP contribution in [0.5, 0.6) is 0 Å². The maximum absolute atomic E-state index is 14.2. The molecule has 0 saturated heterocycles. The molecule has 0 aliphatic carbocycles. The van der Waals surface area contributed by atoms with Crippen molar-refractivity contribution in [2.45, 2.75) is 32.4 Å². The van der Waals surface area contributed by atoms with E-state index in [1.54, 1.807) is 48.5 Å². The zero-order valence-electron chi connectivity index (χ0n) is 16.9. The summed E-state index contributed by atoms with van der Waals surface area (Å²) in [7, 11) is 0. The molecule has 0 aromatic heterocycles. The van der Waals surface area contributed by atoms with Gasteiger partial charge in [0.1, 0.15) is 5.82 Å². The van der Waals surface area contributed by atoms with E-state index in [2.05, 4.69) is 0 Å². The summed E-state index contributed by atoms with van der Waals surface area (Å²) in [6.07, 6.45) is -0.374. The normalized spacial score (nSPS) is 17.9. The van der Waals surface area contributed by atoms with E-state index in [0.29, 0.717) is 22.4 Å². The quantitative estimate of drug-likeness (QED) is 0.641. The van der Waals surface area contributed by atoms with E-state index < -0.39 is 17.3 Å². The average Bonchev–Trinajstić information content (AvgIpc) is 2.93. The first kappa shape index (κ1) is 20.0. The van der Waals surface area contributed by atoms with Crippen LogP contribution in [0.2, 0.25) is 0 Å². The molecule has 0 unspecified atom stereocenters. The number of halogens is 1. The summed E-state index contributed by atoms with van der Waals surface area (Å²) < 4.78 is 14.2. The second-order valence-corrected chi connectivity index (χ2v) is 7.78. The van der Waals surface area contributed by atoms with Crippen LogP contribution < -0.4 is 4.90 Å². The molecule has 1 amide bonds. The topological polar surface area (TPSA) is 57.6 Å². The highest BCUT2D eigenvalue weighted by molar-refractivity contribution is 6.11. The van der Waals surface area contributed by atoms with Crippen molar-refractivity contribution >= 4 is 17.4 Å². The van der Waals surface area contributed by atoms with Gasteiger partial charge in [0, 0.05) is 16.7 Å². The SMILES string of the molecule is Cc1ccc(C)c(C(=O)C[C@]2(O)C(=O)N(Cc3ccccc3F)c3ccccc32)c1. The van der Waals surface area contributed by atoms with E-state index in [1.165, 1.54) is 11.0 Å². The molecule has 1 aliphatic heterocycles. The van der Waals surface area contributed by atoms with Crippen molar-refractivity contribution in [3.63, 3.8) is 0 Å². The highest BCUT2D eigenvalue weighted by Gasteiger charge is 2.50. The minimum absolute atomic E-state index is 0.0253. The number of aliphatic hydroxyl groups is 1. The maximum atomic E-state index is 14.2. The minimum Gasteiger partial charge on any atom is -0.375 e. The molecule has 152 valence electrons. The number of nitrogens with zero attached hydrogens (tertiary/aromatic N) is 1. The maximum Gasteiger partial charge on any atom is 0.264 e. The zero-order valence-corrected chi connectivity index (χ0v) is 16.9. The predicted octanol–water partition coefficient (Wildman–Crippen LogP) is 4.45. The van der Waals surface area contributed by atoms with Gasteiger partial charge < -0.3 is 10.0 Å². The van der Waals surface area contributed by atoms with Gasteiger partial charge in [0.25, 0.3) is 5.91 Å². The molecule has 0 saturated carbocycles. The Morgan fingerprint density at radius 1 is 1.03 bits per heavy atom. The molecule has 4 rings (SSSR count). The van der Waals surface area contributed by atoms with Crippen LogP contribution in [0.3, 0.4) is 0 Å². The molecular weight excluding hydrogens is 381 g/mol. The van der Waals surface area contributed by atoms with Crippen molar-refractivity contribution in [1.29, 1.82) is 0 Å². The van der Waals surface area contributed by atoms with E-state index in [0.717, 1.165) is 11.1 Å². The van der Waals surface area contributed by atoms with Gasteiger partial charge in [-0.3, -0.25) is 9.59 Å². The number of benzene rings is 3. The largest absolute Gasteiger partial charge is 0.375 e. The first-order valence-corrected chi connectivity index (χ1v) is 9.79. The number of anilines is 1. The Bertz CT molecular complexity index is 1160. The molecule has 3 aromatic rings. The van der Waals surface area contributed by atoms with Gasteiger partial charge in [0.15, 0.2) is 11.4 Å². The summed E-state index contributed by atoms with van der Waals surface area (Å²) in [4.78, 5) is 27.7. The van der Waals surface area contributed by atoms with Crippen LogP contribution in [0, 0.1) is 19.7 Å². The Labute approximate surface area is 174 Å². The number of rotatable bonds is 5. The number of ketones is 1. The Morgan fingerprint density at radius 2 is 1.73 bits per heavy atom. The van der Waals surface area contributed by atoms with Crippen LogP contribution in [0.15, 0.2) is 66.7 Å². The monoisotopic (exact) mass is 403 g/mol. The minimum atomic E-state index is -1.99. The molecule has 0 fully saturated rings. The molecule has 4 nitrogen and oxygen atoms in total. The van der Waals surface area contributed by atoms with Crippen LogP contribution in [-0.2, 0) is 16.9 Å². The Balaban J connectivity index is 1.71. The molecule has 1 heterocycles. The van der Waals surface area contributed by atoms with E-state index in [1.807, 2.05) is 26.0 Å². The number of carbonyl (C=O) groups excluding carboxylic acids is 2. The molecule has 1 aliphatic rings. The lowest BCUT2D eigenvalue weighted by atomic mass is 9.87. The van der Waals surface area contributed by atoms with Crippen molar-refractivity contribution in [1.82, 2.24) is 0 Å². The molecule has 0 spiro atoms. The third-order valence-electron chi connectivity index (χ3n) is 5.64. The molecular formula is C25H22FNO3. The van der Waals surface area contributed by atoms with E-state index >= 15 is 0 Å². The molecule has 30 heavy (non-hydrogen) atoms. The first-order chi connectivity index (χ1) is 14.3. The third kappa shape index (κ3) is 3.31. The fourth-order valence-corrected chi connectivity index (χ4v) is 4.00. The third-order valence-corrected chi connectivity index (χ3v) is 5.64. The smallest absolute Gasteiger partial charge is 0.264 e. The summed E-state index contributed by atoms with van der Waals surface area (Å²) in [5.41, 5.74) is 1.40. The second-order valence-electron chi connectivity index (χ2n) is 7.78. The Hall–Kier alpha value is -3.31. The molecule has 5 heteroatoms. The van der Waals surface area contributed by atoms with Crippen molar-refractivity contribution in [3.8, 4) is 0 Å². The van der Waals surface area contributed by atoms with Crippen molar-refractivity contribution in [2.75, 3.05) is 4.90 Å². The fraction of sp³-hybridized carbons (Fsp3) is 0.200. The number of aryl methyl sites for hydroxylation is 2. The number of carbonyl (C=O) groups is 2. The van der Waals surface area contributed by atoms with E-state index in [-0.39, 0.29) is 18.7 Å². The number of para-hydroxylation sites is 1. The van der Waals surface area contributed by atoms with Crippen LogP contribution in [0.1, 0.15) is 39.0 Å². The standard InChI is InChI=1S/C25H22FNO3/c1-16-11-12-17(2)19(13-16)23(28)14-25(30)20-8-4-6-10-22(20)27(24(25)29)15-18-7-3-5-9-21(18)26/h3-13,30H,14-15H2,1-2H3/t25-/m1/s1. The zero-order chi connectivity index (χ0) is 21.5. The van der Waals surface area contributed by atoms with E-state index in [4.69, 9.17) is 0 Å².